The second-order valence-corrected chi connectivity index (χ2v) is 6.49. The van der Waals surface area contributed by atoms with Crippen molar-refractivity contribution in [2.45, 2.75) is 11.8 Å². The maximum Gasteiger partial charge on any atom is 0.262 e. The Morgan fingerprint density at radius 2 is 2.00 bits per heavy atom. The molecule has 2 heterocycles. The van der Waals surface area contributed by atoms with Gasteiger partial charge in [0, 0.05) is 12.4 Å². The van der Waals surface area contributed by atoms with E-state index in [0.29, 0.717) is 5.82 Å². The molecule has 0 saturated heterocycles. The van der Waals surface area contributed by atoms with Gasteiger partial charge in [-0.3, -0.25) is 9.29 Å². The summed E-state index contributed by atoms with van der Waals surface area (Å²) in [6.45, 7) is 1.84. The Morgan fingerprint density at radius 3 is 2.61 bits per heavy atom. The molecule has 0 saturated carbocycles. The number of nitrogens with one attached hydrogen (secondary N) is 1. The van der Waals surface area contributed by atoms with Crippen molar-refractivity contribution < 1.29 is 12.8 Å². The molecule has 0 atom stereocenters. The van der Waals surface area contributed by atoms with Crippen molar-refractivity contribution in [2.75, 3.05) is 4.72 Å². The molecule has 0 bridgehead atoms. The third kappa shape index (κ3) is 3.21. The van der Waals surface area contributed by atoms with Crippen LogP contribution in [0.3, 0.4) is 0 Å². The van der Waals surface area contributed by atoms with Crippen molar-refractivity contribution in [1.29, 1.82) is 0 Å². The van der Waals surface area contributed by atoms with Crippen LogP contribution < -0.4 is 4.72 Å². The second-order valence-electron chi connectivity index (χ2n) is 4.81. The molecule has 118 valence electrons. The van der Waals surface area contributed by atoms with E-state index in [2.05, 4.69) is 14.7 Å². The Bertz CT molecular complexity index is 936. The van der Waals surface area contributed by atoms with Crippen LogP contribution in [-0.4, -0.2) is 23.0 Å². The standard InChI is InChI=1S/C15H13FN4O2S/c1-11-17-7-8-20(11)15-6-5-13(10-18-15)19-23(21,22)14-4-2-3-12(16)9-14/h2-10,19H,1H3. The molecular formula is C15H13FN4O2S. The molecule has 0 aliphatic carbocycles. The number of sulfonamides is 1. The Labute approximate surface area is 132 Å². The van der Waals surface area contributed by atoms with Gasteiger partial charge in [0.05, 0.1) is 16.8 Å². The van der Waals surface area contributed by atoms with Gasteiger partial charge in [0.1, 0.15) is 17.5 Å². The molecule has 2 aromatic heterocycles. The fourth-order valence-corrected chi connectivity index (χ4v) is 3.13. The Balaban J connectivity index is 1.85. The van der Waals surface area contributed by atoms with E-state index in [1.807, 2.05) is 6.92 Å². The first kappa shape index (κ1) is 15.2. The SMILES string of the molecule is Cc1nccn1-c1ccc(NS(=O)(=O)c2cccc(F)c2)cn1. The molecule has 1 N–H and O–H groups in total. The lowest BCUT2D eigenvalue weighted by molar-refractivity contribution is 0.595. The second kappa shape index (κ2) is 5.81. The molecule has 0 aliphatic rings. The molecule has 0 aliphatic heterocycles. The lowest BCUT2D eigenvalue weighted by Crippen LogP contribution is -2.13. The van der Waals surface area contributed by atoms with E-state index in [1.165, 1.54) is 24.4 Å². The van der Waals surface area contributed by atoms with Crippen LogP contribution in [0.2, 0.25) is 0 Å². The monoisotopic (exact) mass is 332 g/mol. The van der Waals surface area contributed by atoms with Crippen LogP contribution in [0.5, 0.6) is 0 Å². The van der Waals surface area contributed by atoms with Crippen LogP contribution >= 0.6 is 0 Å². The normalized spacial score (nSPS) is 11.4. The highest BCUT2D eigenvalue weighted by atomic mass is 32.2. The van der Waals surface area contributed by atoms with Crippen molar-refractivity contribution in [2.24, 2.45) is 0 Å². The maximum atomic E-state index is 13.2. The topological polar surface area (TPSA) is 76.9 Å². The van der Waals surface area contributed by atoms with E-state index in [-0.39, 0.29) is 10.6 Å². The fourth-order valence-electron chi connectivity index (χ4n) is 2.06. The van der Waals surface area contributed by atoms with E-state index in [0.717, 1.165) is 11.9 Å². The fraction of sp³-hybridized carbons (Fsp3) is 0.0667. The Kier molecular flexibility index (Phi) is 3.83. The van der Waals surface area contributed by atoms with E-state index in [9.17, 15) is 12.8 Å². The van der Waals surface area contributed by atoms with Crippen LogP contribution in [-0.2, 0) is 10.0 Å². The highest BCUT2D eigenvalue weighted by Crippen LogP contribution is 2.17. The summed E-state index contributed by atoms with van der Waals surface area (Å²) in [5.74, 6) is 0.774. The summed E-state index contributed by atoms with van der Waals surface area (Å²) in [5, 5.41) is 0. The largest absolute Gasteiger partial charge is 0.288 e. The molecule has 0 fully saturated rings. The minimum atomic E-state index is -3.86. The van der Waals surface area contributed by atoms with Gasteiger partial charge in [-0.05, 0) is 37.3 Å². The van der Waals surface area contributed by atoms with E-state index >= 15 is 0 Å². The van der Waals surface area contributed by atoms with Crippen LogP contribution in [0, 0.1) is 12.7 Å². The smallest absolute Gasteiger partial charge is 0.262 e. The lowest BCUT2D eigenvalue weighted by atomic mass is 10.4. The van der Waals surface area contributed by atoms with Crippen LogP contribution in [0.1, 0.15) is 5.82 Å². The number of hydrogen-bond donors (Lipinski definition) is 1. The molecule has 0 spiro atoms. The number of benzene rings is 1. The van der Waals surface area contributed by atoms with Gasteiger partial charge >= 0.3 is 0 Å². The number of pyridine rings is 1. The number of nitrogens with zero attached hydrogens (tertiary/aromatic N) is 3. The quantitative estimate of drug-likeness (QED) is 0.796. The Morgan fingerprint density at radius 1 is 1.17 bits per heavy atom. The van der Waals surface area contributed by atoms with E-state index in [1.54, 1.807) is 29.1 Å². The van der Waals surface area contributed by atoms with E-state index in [4.69, 9.17) is 0 Å². The van der Waals surface area contributed by atoms with Crippen molar-refractivity contribution in [3.63, 3.8) is 0 Å². The number of rotatable bonds is 4. The number of halogens is 1. The number of hydrogen-bond acceptors (Lipinski definition) is 4. The summed E-state index contributed by atoms with van der Waals surface area (Å²) in [5.41, 5.74) is 0.288. The molecule has 1 aromatic carbocycles. The highest BCUT2D eigenvalue weighted by molar-refractivity contribution is 7.92. The summed E-state index contributed by atoms with van der Waals surface area (Å²) in [6, 6.07) is 8.05. The predicted octanol–water partition coefficient (Wildman–Crippen LogP) is 2.52. The third-order valence-electron chi connectivity index (χ3n) is 3.18. The van der Waals surface area contributed by atoms with Crippen LogP contribution in [0.4, 0.5) is 10.1 Å². The summed E-state index contributed by atoms with van der Waals surface area (Å²) in [6.07, 6.45) is 4.80. The van der Waals surface area contributed by atoms with Gasteiger partial charge < -0.3 is 0 Å². The minimum absolute atomic E-state index is 0.146. The minimum Gasteiger partial charge on any atom is -0.288 e. The average Bonchev–Trinajstić information content (AvgIpc) is 2.94. The number of imidazole rings is 1. The molecule has 0 amide bonds. The van der Waals surface area contributed by atoms with Gasteiger partial charge in [-0.15, -0.1) is 0 Å². The van der Waals surface area contributed by atoms with Crippen molar-refractivity contribution >= 4 is 15.7 Å². The van der Waals surface area contributed by atoms with Crippen LogP contribution in [0.25, 0.3) is 5.82 Å². The first-order valence-electron chi connectivity index (χ1n) is 6.70. The van der Waals surface area contributed by atoms with Crippen molar-refractivity contribution in [3.8, 4) is 5.82 Å². The molecule has 3 aromatic rings. The summed E-state index contributed by atoms with van der Waals surface area (Å²) in [7, 11) is -3.86. The van der Waals surface area contributed by atoms with Gasteiger partial charge in [-0.2, -0.15) is 0 Å². The van der Waals surface area contributed by atoms with Gasteiger partial charge in [0.2, 0.25) is 0 Å². The van der Waals surface area contributed by atoms with Crippen LogP contribution in [0.15, 0.2) is 59.9 Å². The summed E-state index contributed by atoms with van der Waals surface area (Å²) < 4.78 is 41.7. The zero-order chi connectivity index (χ0) is 16.4. The van der Waals surface area contributed by atoms with Gasteiger partial charge in [0.25, 0.3) is 10.0 Å². The maximum absolute atomic E-state index is 13.2. The Hall–Kier alpha value is -2.74. The first-order valence-corrected chi connectivity index (χ1v) is 8.19. The molecule has 6 nitrogen and oxygen atoms in total. The number of aryl methyl sites for hydroxylation is 1. The number of aromatic nitrogens is 3. The molecule has 23 heavy (non-hydrogen) atoms. The predicted molar refractivity (Wildman–Crippen MR) is 83.3 cm³/mol. The summed E-state index contributed by atoms with van der Waals surface area (Å²) >= 11 is 0. The van der Waals surface area contributed by atoms with Gasteiger partial charge in [-0.25, -0.2) is 22.8 Å². The van der Waals surface area contributed by atoms with Crippen molar-refractivity contribution in [3.05, 3.63) is 66.6 Å². The third-order valence-corrected chi connectivity index (χ3v) is 4.56. The lowest BCUT2D eigenvalue weighted by Gasteiger charge is -2.09. The molecule has 8 heteroatoms. The van der Waals surface area contributed by atoms with E-state index < -0.39 is 15.8 Å². The zero-order valence-electron chi connectivity index (χ0n) is 12.1. The zero-order valence-corrected chi connectivity index (χ0v) is 13.0. The number of anilines is 1. The average molecular weight is 332 g/mol. The van der Waals surface area contributed by atoms with Crippen molar-refractivity contribution in [1.82, 2.24) is 14.5 Å². The molecule has 3 rings (SSSR count). The molecule has 0 radical (unpaired) electrons. The van der Waals surface area contributed by atoms with Gasteiger partial charge in [0.15, 0.2) is 0 Å². The van der Waals surface area contributed by atoms with Gasteiger partial charge in [-0.1, -0.05) is 6.07 Å². The highest BCUT2D eigenvalue weighted by Gasteiger charge is 2.15. The first-order chi connectivity index (χ1) is 11.0. The molecule has 0 unspecified atom stereocenters. The summed E-state index contributed by atoms with van der Waals surface area (Å²) in [4.78, 5) is 8.15. The molecular weight excluding hydrogens is 319 g/mol.